The summed E-state index contributed by atoms with van der Waals surface area (Å²) in [5.41, 5.74) is 6.02. The van der Waals surface area contributed by atoms with Gasteiger partial charge in [0.05, 0.1) is 6.54 Å². The number of nitrogens with zero attached hydrogens (tertiary/aromatic N) is 3. The first-order chi connectivity index (χ1) is 18.9. The van der Waals surface area contributed by atoms with Crippen molar-refractivity contribution in [1.82, 2.24) is 20.5 Å². The van der Waals surface area contributed by atoms with Crippen LogP contribution in [0.2, 0.25) is 0 Å². The summed E-state index contributed by atoms with van der Waals surface area (Å²) in [5, 5.41) is 23.5. The second kappa shape index (κ2) is 15.0. The lowest BCUT2D eigenvalue weighted by atomic mass is 10.0. The molecule has 2 aromatic rings. The molecular weight excluding hydrogens is 518 g/mol. The van der Waals surface area contributed by atoms with Crippen LogP contribution in [0.3, 0.4) is 0 Å². The van der Waals surface area contributed by atoms with E-state index >= 15 is 0 Å². The van der Waals surface area contributed by atoms with Crippen molar-refractivity contribution in [2.75, 3.05) is 13.1 Å². The third-order valence-corrected chi connectivity index (χ3v) is 5.55. The van der Waals surface area contributed by atoms with Gasteiger partial charge in [-0.1, -0.05) is 65.7 Å². The van der Waals surface area contributed by atoms with E-state index in [1.165, 1.54) is 0 Å². The van der Waals surface area contributed by atoms with E-state index in [1.807, 2.05) is 36.4 Å². The maximum atomic E-state index is 13.8. The number of unbranched alkanes of at least 4 members (excludes halogenated alkanes) is 1. The summed E-state index contributed by atoms with van der Waals surface area (Å²) in [4.78, 5) is 51.7. The van der Waals surface area contributed by atoms with Crippen molar-refractivity contribution in [2.24, 2.45) is 5.73 Å². The molecule has 0 radical (unpaired) electrons. The second-order valence-electron chi connectivity index (χ2n) is 9.98. The van der Waals surface area contributed by atoms with Gasteiger partial charge in [0.25, 0.3) is 11.9 Å². The molecule has 2 aromatic carbocycles. The first kappa shape index (κ1) is 31.5. The maximum absolute atomic E-state index is 13.8. The lowest BCUT2D eigenvalue weighted by Gasteiger charge is -2.28. The van der Waals surface area contributed by atoms with Gasteiger partial charge < -0.3 is 21.1 Å². The van der Waals surface area contributed by atoms with Gasteiger partial charge in [-0.15, -0.1) is 0 Å². The smallest absolute Gasteiger partial charge is 0.408 e. The largest absolute Gasteiger partial charge is 0.444 e. The Bertz CT molecular complexity index is 1140. The number of benzene rings is 2. The van der Waals surface area contributed by atoms with Crippen LogP contribution in [0.25, 0.3) is 0 Å². The fourth-order valence-corrected chi connectivity index (χ4v) is 3.69. The van der Waals surface area contributed by atoms with Gasteiger partial charge in [0.15, 0.2) is 5.03 Å². The molecule has 4 amide bonds. The Kier molecular flexibility index (Phi) is 11.9. The van der Waals surface area contributed by atoms with Gasteiger partial charge in [0.1, 0.15) is 11.6 Å². The number of carbonyl (C=O) groups excluding carboxylic acids is 3. The molecule has 0 unspecified atom stereocenters. The number of urea groups is 1. The Hall–Kier alpha value is -4.68. The van der Waals surface area contributed by atoms with Crippen molar-refractivity contribution in [2.45, 2.75) is 58.2 Å². The highest BCUT2D eigenvalue weighted by molar-refractivity contribution is 5.98. The van der Waals surface area contributed by atoms with Gasteiger partial charge in [-0.3, -0.25) is 15.1 Å². The average molecular weight is 556 g/mol. The van der Waals surface area contributed by atoms with Crippen LogP contribution in [0.1, 0.15) is 44.7 Å². The number of nitro groups is 1. The molecule has 0 saturated heterocycles. The highest BCUT2D eigenvalue weighted by Gasteiger charge is 2.31. The summed E-state index contributed by atoms with van der Waals surface area (Å²) in [7, 11) is 0. The molecule has 5 N–H and O–H groups in total. The Morgan fingerprint density at radius 1 is 1.00 bits per heavy atom. The highest BCUT2D eigenvalue weighted by Crippen LogP contribution is 2.12. The third kappa shape index (κ3) is 11.0. The monoisotopic (exact) mass is 555 g/mol. The standard InChI is InChI=1S/C27H37N7O6/c1-27(2,3)40-26(37)31-22(18-20-12-6-4-7-13-20)23(35)32(16-10-11-17-33(24(28)29)34(38)39)25(36)30-19-21-14-8-5-9-15-21/h4-9,12-15,22H,10-11,16-19H2,1-3H3,(H3,28,29)(H,30,36)(H,31,37)/t22-/m0/s1. The molecule has 13 nitrogen and oxygen atoms in total. The van der Waals surface area contributed by atoms with E-state index in [0.717, 1.165) is 16.0 Å². The number of alkyl carbamates (subject to hydrolysis) is 1. The van der Waals surface area contributed by atoms with Crippen molar-refractivity contribution < 1.29 is 24.2 Å². The number of hydrogen-bond donors (Lipinski definition) is 4. The number of guanidine groups is 1. The van der Waals surface area contributed by atoms with E-state index in [-0.39, 0.29) is 38.9 Å². The number of ether oxygens (including phenoxy) is 1. The lowest BCUT2D eigenvalue weighted by molar-refractivity contribution is -0.629. The second-order valence-corrected chi connectivity index (χ2v) is 9.98. The molecule has 13 heteroatoms. The van der Waals surface area contributed by atoms with E-state index in [0.29, 0.717) is 5.01 Å². The maximum Gasteiger partial charge on any atom is 0.408 e. The SMILES string of the molecule is CC(C)(C)OC(=O)N[C@@H](Cc1ccccc1)C(=O)N(CCCCN(C(=N)N)[N+](=O)[O-])C(=O)NCc1ccccc1. The van der Waals surface area contributed by atoms with Gasteiger partial charge in [-0.25, -0.2) is 19.7 Å². The van der Waals surface area contributed by atoms with Crippen LogP contribution in [0.15, 0.2) is 60.7 Å². The molecule has 40 heavy (non-hydrogen) atoms. The summed E-state index contributed by atoms with van der Waals surface area (Å²) in [5.74, 6) is -1.39. The number of carbonyl (C=O) groups is 3. The van der Waals surface area contributed by atoms with Gasteiger partial charge >= 0.3 is 12.1 Å². The van der Waals surface area contributed by atoms with Gasteiger partial charge in [0, 0.05) is 19.5 Å². The Morgan fingerprint density at radius 3 is 2.08 bits per heavy atom. The van der Waals surface area contributed by atoms with Crippen LogP contribution >= 0.6 is 0 Å². The van der Waals surface area contributed by atoms with E-state index in [1.54, 1.807) is 45.0 Å². The molecular formula is C27H37N7O6. The van der Waals surface area contributed by atoms with Gasteiger partial charge in [-0.05, 0) is 44.7 Å². The molecule has 0 heterocycles. The van der Waals surface area contributed by atoms with Crippen molar-refractivity contribution in [3.63, 3.8) is 0 Å². The number of imide groups is 1. The summed E-state index contributed by atoms with van der Waals surface area (Å²) in [6.45, 7) is 4.97. The summed E-state index contributed by atoms with van der Waals surface area (Å²) in [6.07, 6.45) is -0.360. The molecule has 0 saturated carbocycles. The van der Waals surface area contributed by atoms with Gasteiger partial charge in [-0.2, -0.15) is 0 Å². The number of hydrazine groups is 1. The average Bonchev–Trinajstić information content (AvgIpc) is 2.88. The predicted octanol–water partition coefficient (Wildman–Crippen LogP) is 3.03. The van der Waals surface area contributed by atoms with E-state index in [2.05, 4.69) is 10.6 Å². The Balaban J connectivity index is 2.24. The zero-order valence-corrected chi connectivity index (χ0v) is 23.0. The van der Waals surface area contributed by atoms with Crippen molar-refractivity contribution >= 4 is 24.0 Å². The zero-order valence-electron chi connectivity index (χ0n) is 23.0. The van der Waals surface area contributed by atoms with E-state index < -0.39 is 40.7 Å². The molecule has 216 valence electrons. The molecule has 0 spiro atoms. The molecule has 2 rings (SSSR count). The van der Waals surface area contributed by atoms with Crippen LogP contribution in [0.4, 0.5) is 9.59 Å². The van der Waals surface area contributed by atoms with Crippen LogP contribution in [-0.4, -0.2) is 63.7 Å². The normalized spacial score (nSPS) is 11.6. The number of nitrogens with two attached hydrogens (primary N) is 1. The number of amides is 4. The zero-order chi connectivity index (χ0) is 29.7. The molecule has 0 fully saturated rings. The fraction of sp³-hybridized carbons (Fsp3) is 0.407. The Labute approximate surface area is 233 Å². The number of nitrogens with one attached hydrogen (secondary N) is 3. The summed E-state index contributed by atoms with van der Waals surface area (Å²) in [6, 6.07) is 16.3. The fourth-order valence-electron chi connectivity index (χ4n) is 3.69. The van der Waals surface area contributed by atoms with E-state index in [4.69, 9.17) is 15.9 Å². The molecule has 1 atom stereocenters. The molecule has 0 aliphatic heterocycles. The van der Waals surface area contributed by atoms with Crippen molar-refractivity contribution in [1.29, 1.82) is 5.41 Å². The lowest BCUT2D eigenvalue weighted by Crippen LogP contribution is -2.54. The predicted molar refractivity (Wildman–Crippen MR) is 149 cm³/mol. The Morgan fingerprint density at radius 2 is 1.55 bits per heavy atom. The third-order valence-electron chi connectivity index (χ3n) is 5.55. The topological polar surface area (TPSA) is 184 Å². The highest BCUT2D eigenvalue weighted by atomic mass is 16.7. The minimum Gasteiger partial charge on any atom is -0.444 e. The van der Waals surface area contributed by atoms with Crippen LogP contribution in [0.5, 0.6) is 0 Å². The number of rotatable bonds is 12. The molecule has 0 bridgehead atoms. The molecule has 0 aliphatic rings. The summed E-state index contributed by atoms with van der Waals surface area (Å²) < 4.78 is 5.35. The van der Waals surface area contributed by atoms with Crippen LogP contribution < -0.4 is 16.4 Å². The van der Waals surface area contributed by atoms with E-state index in [9.17, 15) is 24.5 Å². The van der Waals surface area contributed by atoms with Crippen molar-refractivity contribution in [3.05, 3.63) is 81.9 Å². The molecule has 0 aliphatic carbocycles. The summed E-state index contributed by atoms with van der Waals surface area (Å²) >= 11 is 0. The van der Waals surface area contributed by atoms with Gasteiger partial charge in [0.2, 0.25) is 0 Å². The molecule has 0 aromatic heterocycles. The minimum absolute atomic E-state index is 0.0931. The van der Waals surface area contributed by atoms with Crippen molar-refractivity contribution in [3.8, 4) is 0 Å². The minimum atomic E-state index is -1.13. The van der Waals surface area contributed by atoms with Crippen LogP contribution in [0, 0.1) is 15.5 Å². The number of hydrogen-bond acceptors (Lipinski definition) is 7. The quantitative estimate of drug-likeness (QED) is 0.101. The first-order valence-electron chi connectivity index (χ1n) is 12.8. The van der Waals surface area contributed by atoms with Crippen LogP contribution in [-0.2, 0) is 22.5 Å². The first-order valence-corrected chi connectivity index (χ1v) is 12.8.